The van der Waals surface area contributed by atoms with Crippen LogP contribution in [-0.2, 0) is 21.4 Å². The van der Waals surface area contributed by atoms with Crippen LogP contribution in [0, 0.1) is 12.8 Å². The van der Waals surface area contributed by atoms with Gasteiger partial charge >= 0.3 is 0 Å². The summed E-state index contributed by atoms with van der Waals surface area (Å²) < 4.78 is 28.5. The van der Waals surface area contributed by atoms with Gasteiger partial charge in [-0.3, -0.25) is 4.79 Å². The number of carbonyl (C=O) groups is 2. The van der Waals surface area contributed by atoms with Crippen molar-refractivity contribution in [1.82, 2.24) is 9.62 Å². The maximum absolute atomic E-state index is 13.4. The molecule has 1 saturated carbocycles. The van der Waals surface area contributed by atoms with Gasteiger partial charge in [-0.15, -0.1) is 0 Å². The molecule has 40 heavy (non-hydrogen) atoms. The number of benzene rings is 2. The van der Waals surface area contributed by atoms with E-state index in [1.165, 1.54) is 18.2 Å². The van der Waals surface area contributed by atoms with Gasteiger partial charge in [0.1, 0.15) is 0 Å². The Hall–Kier alpha value is -2.36. The summed E-state index contributed by atoms with van der Waals surface area (Å²) in [5.41, 5.74) is 3.60. The Morgan fingerprint density at radius 2 is 1.82 bits per heavy atom. The molecule has 0 aliphatic heterocycles. The lowest BCUT2D eigenvalue weighted by Crippen LogP contribution is -2.48. The lowest BCUT2D eigenvalue weighted by molar-refractivity contribution is -0.308. The van der Waals surface area contributed by atoms with E-state index in [2.05, 4.69) is 5.32 Å². The van der Waals surface area contributed by atoms with Crippen LogP contribution in [0.5, 0.6) is 0 Å². The summed E-state index contributed by atoms with van der Waals surface area (Å²) in [5.74, 6) is -0.746. The minimum Gasteiger partial charge on any atom is -0.548 e. The van der Waals surface area contributed by atoms with E-state index in [1.54, 1.807) is 16.4 Å². The van der Waals surface area contributed by atoms with Crippen LogP contribution in [0.25, 0.3) is 11.1 Å². The fourth-order valence-electron chi connectivity index (χ4n) is 5.30. The second-order valence-corrected chi connectivity index (χ2v) is 13.9. The number of sulfonamides is 1. The molecule has 1 unspecified atom stereocenters. The molecular weight excluding hydrogens is 544 g/mol. The van der Waals surface area contributed by atoms with Gasteiger partial charge in [-0.1, -0.05) is 62.9 Å². The van der Waals surface area contributed by atoms with Gasteiger partial charge in [0, 0.05) is 18.7 Å². The Kier molecular flexibility index (Phi) is 12.5. The Morgan fingerprint density at radius 1 is 1.10 bits per heavy atom. The number of rotatable bonds is 15. The van der Waals surface area contributed by atoms with Crippen molar-refractivity contribution in [2.75, 3.05) is 24.3 Å². The van der Waals surface area contributed by atoms with Gasteiger partial charge in [-0.2, -0.15) is 16.1 Å². The van der Waals surface area contributed by atoms with Crippen molar-refractivity contribution in [2.45, 2.75) is 77.8 Å². The molecule has 0 heterocycles. The third-order valence-electron chi connectivity index (χ3n) is 7.66. The quantitative estimate of drug-likeness (QED) is 0.322. The predicted molar refractivity (Wildman–Crippen MR) is 162 cm³/mol. The Bertz CT molecular complexity index is 1240. The molecule has 0 aromatic heterocycles. The second kappa shape index (κ2) is 15.6. The number of thioether (sulfide) groups is 1. The second-order valence-electron chi connectivity index (χ2n) is 10.8. The Morgan fingerprint density at radius 3 is 2.48 bits per heavy atom. The standard InChI is InChI=1S/C31H44N2O5S2/c1-4-5-19-40(37,38)33(21-24-12-7-6-8-13-24)22-25-15-16-27(28(20-25)26-14-10-9-11-23(26)2)30(34)32-29(31(35)36)17-18-39-3/h9-11,14-16,20,24,29H,4-8,12-13,17-19,21-22H2,1-3H3,(H,32,34)(H,35,36)/p-1. The van der Waals surface area contributed by atoms with Gasteiger partial charge in [-0.25, -0.2) is 8.42 Å². The zero-order chi connectivity index (χ0) is 29.1. The van der Waals surface area contributed by atoms with Gasteiger partial charge in [0.25, 0.3) is 5.91 Å². The first-order valence-corrected chi connectivity index (χ1v) is 17.3. The highest BCUT2D eigenvalue weighted by Gasteiger charge is 2.27. The van der Waals surface area contributed by atoms with Crippen LogP contribution >= 0.6 is 11.8 Å². The first-order valence-electron chi connectivity index (χ1n) is 14.3. The van der Waals surface area contributed by atoms with Crippen LogP contribution in [0.1, 0.15) is 79.8 Å². The molecule has 0 bridgehead atoms. The highest BCUT2D eigenvalue weighted by molar-refractivity contribution is 7.98. The number of nitrogens with one attached hydrogen (secondary N) is 1. The van der Waals surface area contributed by atoms with Crippen molar-refractivity contribution in [2.24, 2.45) is 5.92 Å². The molecule has 1 aliphatic rings. The third-order valence-corrected chi connectivity index (χ3v) is 10.2. The topological polar surface area (TPSA) is 107 Å². The SMILES string of the molecule is CCCCS(=O)(=O)N(Cc1ccc(C(=O)NC(CCSC)C(=O)[O-])c(-c2ccccc2C)c1)CC1CCCCC1. The summed E-state index contributed by atoms with van der Waals surface area (Å²) in [7, 11) is -3.45. The molecule has 2 aromatic rings. The molecule has 1 atom stereocenters. The molecule has 0 saturated heterocycles. The summed E-state index contributed by atoms with van der Waals surface area (Å²) in [5, 5.41) is 14.3. The smallest absolute Gasteiger partial charge is 0.252 e. The summed E-state index contributed by atoms with van der Waals surface area (Å²) >= 11 is 1.50. The summed E-state index contributed by atoms with van der Waals surface area (Å²) in [4.78, 5) is 25.1. The fourth-order valence-corrected chi connectivity index (χ4v) is 7.47. The van der Waals surface area contributed by atoms with E-state index in [9.17, 15) is 23.1 Å². The van der Waals surface area contributed by atoms with Crippen LogP contribution in [0.4, 0.5) is 0 Å². The van der Waals surface area contributed by atoms with E-state index in [0.717, 1.165) is 48.8 Å². The zero-order valence-corrected chi connectivity index (χ0v) is 25.6. The van der Waals surface area contributed by atoms with E-state index < -0.39 is 27.9 Å². The largest absolute Gasteiger partial charge is 0.548 e. The molecular formula is C31H43N2O5S2-. The highest BCUT2D eigenvalue weighted by atomic mass is 32.2. The minimum absolute atomic E-state index is 0.127. The molecule has 0 radical (unpaired) electrons. The van der Waals surface area contributed by atoms with E-state index >= 15 is 0 Å². The molecule has 3 rings (SSSR count). The van der Waals surface area contributed by atoms with Gasteiger partial charge in [0.05, 0.1) is 17.8 Å². The van der Waals surface area contributed by atoms with Crippen molar-refractivity contribution < 1.29 is 23.1 Å². The molecule has 1 fully saturated rings. The number of unbranched alkanes of at least 4 members (excludes halogenated alkanes) is 1. The zero-order valence-electron chi connectivity index (χ0n) is 24.0. The minimum atomic E-state index is -3.45. The number of carboxylic acid groups (broad SMARTS) is 1. The molecule has 1 N–H and O–H groups in total. The number of aryl methyl sites for hydroxylation is 1. The number of hydrogen-bond acceptors (Lipinski definition) is 6. The van der Waals surface area contributed by atoms with Crippen LogP contribution < -0.4 is 10.4 Å². The lowest BCUT2D eigenvalue weighted by atomic mass is 9.89. The number of carbonyl (C=O) groups excluding carboxylic acids is 2. The predicted octanol–water partition coefficient (Wildman–Crippen LogP) is 4.78. The van der Waals surface area contributed by atoms with E-state index in [0.29, 0.717) is 35.8 Å². The number of amides is 1. The molecule has 0 spiro atoms. The van der Waals surface area contributed by atoms with Gasteiger partial charge in [-0.05, 0) is 84.9 Å². The fraction of sp³-hybridized carbons (Fsp3) is 0.548. The Labute approximate surface area is 244 Å². The van der Waals surface area contributed by atoms with Crippen LogP contribution in [0.2, 0.25) is 0 Å². The molecule has 220 valence electrons. The normalized spacial score (nSPS) is 15.2. The third kappa shape index (κ3) is 9.08. The highest BCUT2D eigenvalue weighted by Crippen LogP contribution is 2.30. The first kappa shape index (κ1) is 32.2. The summed E-state index contributed by atoms with van der Waals surface area (Å²) in [6.07, 6.45) is 9.14. The van der Waals surface area contributed by atoms with Crippen molar-refractivity contribution in [1.29, 1.82) is 0 Å². The van der Waals surface area contributed by atoms with Crippen LogP contribution in [0.15, 0.2) is 42.5 Å². The number of hydrogen-bond donors (Lipinski definition) is 1. The van der Waals surface area contributed by atoms with E-state index in [4.69, 9.17) is 0 Å². The van der Waals surface area contributed by atoms with Crippen molar-refractivity contribution >= 4 is 33.7 Å². The van der Waals surface area contributed by atoms with Gasteiger partial charge in [0.15, 0.2) is 0 Å². The molecule has 1 amide bonds. The maximum atomic E-state index is 13.4. The van der Waals surface area contributed by atoms with Gasteiger partial charge < -0.3 is 15.2 Å². The van der Waals surface area contributed by atoms with Crippen molar-refractivity contribution in [3.63, 3.8) is 0 Å². The maximum Gasteiger partial charge on any atom is 0.252 e. The summed E-state index contributed by atoms with van der Waals surface area (Å²) in [6.45, 7) is 4.69. The molecule has 7 nitrogen and oxygen atoms in total. The van der Waals surface area contributed by atoms with Crippen LogP contribution in [-0.4, -0.2) is 54.9 Å². The average molecular weight is 588 g/mol. The molecule has 9 heteroatoms. The van der Waals surface area contributed by atoms with Crippen LogP contribution in [0.3, 0.4) is 0 Å². The number of nitrogens with zero attached hydrogens (tertiary/aromatic N) is 1. The van der Waals surface area contributed by atoms with Crippen molar-refractivity contribution in [3.05, 3.63) is 59.2 Å². The monoisotopic (exact) mass is 587 g/mol. The molecule has 1 aliphatic carbocycles. The average Bonchev–Trinajstić information content (AvgIpc) is 2.94. The van der Waals surface area contributed by atoms with E-state index in [1.807, 2.05) is 50.4 Å². The lowest BCUT2D eigenvalue weighted by Gasteiger charge is -2.29. The number of carboxylic acids is 1. The Balaban J connectivity index is 1.98. The van der Waals surface area contributed by atoms with E-state index in [-0.39, 0.29) is 18.7 Å². The first-order chi connectivity index (χ1) is 19.2. The van der Waals surface area contributed by atoms with Crippen molar-refractivity contribution in [3.8, 4) is 11.1 Å². The van der Waals surface area contributed by atoms with Gasteiger partial charge in [0.2, 0.25) is 10.0 Å². The number of aliphatic carboxylic acids is 1. The molecule has 2 aromatic carbocycles. The summed E-state index contributed by atoms with van der Waals surface area (Å²) in [6, 6.07) is 12.0.